The molecule has 1 fully saturated rings. The molecule has 5 nitrogen and oxygen atoms in total. The van der Waals surface area contributed by atoms with Crippen LogP contribution in [0.15, 0.2) is 48.2 Å². The van der Waals surface area contributed by atoms with Gasteiger partial charge in [0.15, 0.2) is 0 Å². The van der Waals surface area contributed by atoms with Crippen molar-refractivity contribution >= 4 is 23.7 Å². The molecule has 0 aromatic heterocycles. The number of hydrogen-bond donors (Lipinski definition) is 1. The Bertz CT molecular complexity index is 1060. The second-order valence-corrected chi connectivity index (χ2v) is 8.99. The highest BCUT2D eigenvalue weighted by atomic mass is 19.1. The normalized spacial score (nSPS) is 21.5. The molecule has 1 atom stereocenters. The van der Waals surface area contributed by atoms with Crippen LogP contribution in [0.3, 0.4) is 0 Å². The molecule has 4 rings (SSSR count). The number of fused-ring (bicyclic) bond motifs is 1. The van der Waals surface area contributed by atoms with Gasteiger partial charge in [0.1, 0.15) is 11.5 Å². The first-order valence-electron chi connectivity index (χ1n) is 10.7. The third kappa shape index (κ3) is 3.94. The number of urea groups is 1. The summed E-state index contributed by atoms with van der Waals surface area (Å²) in [6.07, 6.45) is 2.78. The molecule has 1 unspecified atom stereocenters. The summed E-state index contributed by atoms with van der Waals surface area (Å²) in [7, 11) is 0. The van der Waals surface area contributed by atoms with Gasteiger partial charge in [0.25, 0.3) is 5.91 Å². The van der Waals surface area contributed by atoms with Crippen LogP contribution in [-0.4, -0.2) is 28.9 Å². The Hall–Kier alpha value is -3.15. The zero-order chi connectivity index (χ0) is 22.3. The number of benzene rings is 2. The summed E-state index contributed by atoms with van der Waals surface area (Å²) >= 11 is 0. The molecule has 1 N–H and O–H groups in total. The van der Waals surface area contributed by atoms with Crippen LogP contribution in [0.1, 0.15) is 56.7 Å². The van der Waals surface area contributed by atoms with E-state index in [-0.39, 0.29) is 29.5 Å². The molecular formula is C25H28FN3O2. The summed E-state index contributed by atoms with van der Waals surface area (Å²) in [5.41, 5.74) is 4.41. The first kappa shape index (κ1) is 21.1. The van der Waals surface area contributed by atoms with Crippen molar-refractivity contribution in [3.8, 4) is 0 Å². The molecule has 1 saturated heterocycles. The molecule has 2 aliphatic heterocycles. The number of nitrogens with one attached hydrogen (secondary N) is 1. The molecule has 0 bridgehead atoms. The topological polar surface area (TPSA) is 52.7 Å². The fourth-order valence-electron chi connectivity index (χ4n) is 4.85. The second-order valence-electron chi connectivity index (χ2n) is 8.99. The van der Waals surface area contributed by atoms with Crippen molar-refractivity contribution in [3.63, 3.8) is 0 Å². The van der Waals surface area contributed by atoms with E-state index in [1.807, 2.05) is 6.07 Å². The van der Waals surface area contributed by atoms with Crippen LogP contribution in [0.25, 0.3) is 6.08 Å². The number of rotatable bonds is 4. The highest BCUT2D eigenvalue weighted by Gasteiger charge is 2.36. The molecule has 0 radical (unpaired) electrons. The average Bonchev–Trinajstić information content (AvgIpc) is 2.97. The third-order valence-electron chi connectivity index (χ3n) is 6.25. The SMILES string of the molecule is CCN1c2ccc(/C=C3/NC(=O)N(Cc4ccc(F)cc4)C3=O)cc2C(C)CC1(C)C. The summed E-state index contributed by atoms with van der Waals surface area (Å²) in [6.45, 7) is 9.98. The molecule has 2 aliphatic rings. The molecule has 0 spiro atoms. The molecule has 31 heavy (non-hydrogen) atoms. The molecule has 2 aromatic carbocycles. The molecule has 6 heteroatoms. The Morgan fingerprint density at radius 1 is 1.16 bits per heavy atom. The molecule has 0 saturated carbocycles. The van der Waals surface area contributed by atoms with Crippen LogP contribution in [0.2, 0.25) is 0 Å². The lowest BCUT2D eigenvalue weighted by molar-refractivity contribution is -0.123. The Kier molecular flexibility index (Phi) is 5.33. The lowest BCUT2D eigenvalue weighted by atomic mass is 9.79. The van der Waals surface area contributed by atoms with E-state index in [1.54, 1.807) is 18.2 Å². The summed E-state index contributed by atoms with van der Waals surface area (Å²) in [4.78, 5) is 28.8. The first-order chi connectivity index (χ1) is 14.7. The summed E-state index contributed by atoms with van der Waals surface area (Å²) in [5.74, 6) is -0.334. The smallest absolute Gasteiger partial charge is 0.329 e. The number of nitrogens with zero attached hydrogens (tertiary/aromatic N) is 2. The zero-order valence-electron chi connectivity index (χ0n) is 18.4. The van der Waals surface area contributed by atoms with Crippen molar-refractivity contribution < 1.29 is 14.0 Å². The summed E-state index contributed by atoms with van der Waals surface area (Å²) in [6, 6.07) is 11.5. The molecule has 3 amide bonds. The monoisotopic (exact) mass is 421 g/mol. The number of anilines is 1. The largest absolute Gasteiger partial charge is 0.366 e. The van der Waals surface area contributed by atoms with E-state index in [2.05, 4.69) is 50.0 Å². The van der Waals surface area contributed by atoms with Crippen LogP contribution < -0.4 is 10.2 Å². The van der Waals surface area contributed by atoms with Crippen LogP contribution >= 0.6 is 0 Å². The van der Waals surface area contributed by atoms with Crippen molar-refractivity contribution in [2.24, 2.45) is 0 Å². The number of carbonyl (C=O) groups is 2. The third-order valence-corrected chi connectivity index (χ3v) is 6.25. The minimum Gasteiger partial charge on any atom is -0.366 e. The number of halogens is 1. The minimum absolute atomic E-state index is 0.0946. The van der Waals surface area contributed by atoms with Gasteiger partial charge in [-0.2, -0.15) is 0 Å². The van der Waals surface area contributed by atoms with Crippen molar-refractivity contribution in [1.29, 1.82) is 0 Å². The zero-order valence-corrected chi connectivity index (χ0v) is 18.4. The average molecular weight is 422 g/mol. The lowest BCUT2D eigenvalue weighted by Crippen LogP contribution is -2.48. The maximum Gasteiger partial charge on any atom is 0.329 e. The highest BCUT2D eigenvalue weighted by molar-refractivity contribution is 6.13. The first-order valence-corrected chi connectivity index (χ1v) is 10.7. The van der Waals surface area contributed by atoms with E-state index in [0.717, 1.165) is 23.4 Å². The van der Waals surface area contributed by atoms with Gasteiger partial charge in [0.05, 0.1) is 6.54 Å². The number of carbonyl (C=O) groups excluding carboxylic acids is 2. The lowest BCUT2D eigenvalue weighted by Gasteiger charge is -2.47. The van der Waals surface area contributed by atoms with Crippen molar-refractivity contribution in [1.82, 2.24) is 10.2 Å². The molecule has 2 aromatic rings. The predicted octanol–water partition coefficient (Wildman–Crippen LogP) is 5.03. The fourth-order valence-corrected chi connectivity index (χ4v) is 4.85. The van der Waals surface area contributed by atoms with Crippen LogP contribution in [0.5, 0.6) is 0 Å². The number of amides is 3. The van der Waals surface area contributed by atoms with E-state index in [4.69, 9.17) is 0 Å². The van der Waals surface area contributed by atoms with Gasteiger partial charge >= 0.3 is 6.03 Å². The molecular weight excluding hydrogens is 393 g/mol. The van der Waals surface area contributed by atoms with E-state index in [0.29, 0.717) is 11.5 Å². The Morgan fingerprint density at radius 3 is 2.55 bits per heavy atom. The quantitative estimate of drug-likeness (QED) is 0.556. The molecule has 0 aliphatic carbocycles. The second kappa shape index (κ2) is 7.84. The Morgan fingerprint density at radius 2 is 1.87 bits per heavy atom. The Balaban J connectivity index is 1.59. The highest BCUT2D eigenvalue weighted by Crippen LogP contribution is 2.43. The fraction of sp³-hybridized carbons (Fsp3) is 0.360. The molecule has 162 valence electrons. The van der Waals surface area contributed by atoms with Gasteiger partial charge in [-0.1, -0.05) is 25.1 Å². The van der Waals surface area contributed by atoms with Gasteiger partial charge in [-0.15, -0.1) is 0 Å². The van der Waals surface area contributed by atoms with E-state index in [9.17, 15) is 14.0 Å². The van der Waals surface area contributed by atoms with Crippen LogP contribution in [0.4, 0.5) is 14.9 Å². The van der Waals surface area contributed by atoms with Gasteiger partial charge in [-0.3, -0.25) is 9.69 Å². The van der Waals surface area contributed by atoms with Crippen LogP contribution in [-0.2, 0) is 11.3 Å². The standard InChI is InChI=1S/C25H28FN3O2/c1-5-29-22-11-8-18(12-20(22)16(2)14-25(29,3)4)13-21-23(30)28(24(31)27-21)15-17-6-9-19(26)10-7-17/h6-13,16H,5,14-15H2,1-4H3,(H,27,31)/b21-13+. The number of imide groups is 1. The van der Waals surface area contributed by atoms with Gasteiger partial charge in [0, 0.05) is 17.8 Å². The van der Waals surface area contributed by atoms with Crippen molar-refractivity contribution in [3.05, 3.63) is 70.7 Å². The number of hydrogen-bond acceptors (Lipinski definition) is 3. The van der Waals surface area contributed by atoms with E-state index in [1.165, 1.54) is 23.4 Å². The Labute approximate surface area is 182 Å². The van der Waals surface area contributed by atoms with E-state index < -0.39 is 6.03 Å². The molecule has 2 heterocycles. The van der Waals surface area contributed by atoms with E-state index >= 15 is 0 Å². The maximum absolute atomic E-state index is 13.1. The van der Waals surface area contributed by atoms with Crippen molar-refractivity contribution in [2.45, 2.75) is 52.1 Å². The van der Waals surface area contributed by atoms with Gasteiger partial charge in [-0.05, 0) is 80.1 Å². The summed E-state index contributed by atoms with van der Waals surface area (Å²) < 4.78 is 13.1. The predicted molar refractivity (Wildman–Crippen MR) is 120 cm³/mol. The van der Waals surface area contributed by atoms with Gasteiger partial charge in [0.2, 0.25) is 0 Å². The summed E-state index contributed by atoms with van der Waals surface area (Å²) in [5, 5.41) is 2.67. The van der Waals surface area contributed by atoms with Crippen molar-refractivity contribution in [2.75, 3.05) is 11.4 Å². The van der Waals surface area contributed by atoms with Gasteiger partial charge in [-0.25, -0.2) is 9.18 Å². The maximum atomic E-state index is 13.1. The van der Waals surface area contributed by atoms with Crippen LogP contribution in [0, 0.1) is 5.82 Å². The minimum atomic E-state index is -0.467. The van der Waals surface area contributed by atoms with Gasteiger partial charge < -0.3 is 10.2 Å².